The molecule has 0 radical (unpaired) electrons. The van der Waals surface area contributed by atoms with Crippen LogP contribution in [0.4, 0.5) is 0 Å². The topological polar surface area (TPSA) is 95.9 Å². The zero-order valence-electron chi connectivity index (χ0n) is 42.8. The summed E-state index contributed by atoms with van der Waals surface area (Å²) >= 11 is 0. The van der Waals surface area contributed by atoms with Gasteiger partial charge in [0, 0.05) is 12.8 Å². The zero-order chi connectivity index (χ0) is 46.5. The maximum absolute atomic E-state index is 12.4. The molecular formula is C58H109NO5. The lowest BCUT2D eigenvalue weighted by molar-refractivity contribution is -0.143. The predicted molar refractivity (Wildman–Crippen MR) is 278 cm³/mol. The molecule has 0 bridgehead atoms. The lowest BCUT2D eigenvalue weighted by Crippen LogP contribution is -2.45. The van der Waals surface area contributed by atoms with E-state index in [0.29, 0.717) is 19.4 Å². The molecule has 0 saturated heterocycles. The second-order valence-corrected chi connectivity index (χ2v) is 19.3. The van der Waals surface area contributed by atoms with E-state index in [1.807, 2.05) is 6.08 Å². The van der Waals surface area contributed by atoms with Gasteiger partial charge in [-0.25, -0.2) is 0 Å². The van der Waals surface area contributed by atoms with Crippen LogP contribution in [-0.4, -0.2) is 47.4 Å². The number of rotatable bonds is 52. The number of carbonyl (C=O) groups excluding carboxylic acids is 2. The Labute approximate surface area is 398 Å². The lowest BCUT2D eigenvalue weighted by atomic mass is 10.0. The van der Waals surface area contributed by atoms with Crippen molar-refractivity contribution in [3.8, 4) is 0 Å². The van der Waals surface area contributed by atoms with Gasteiger partial charge in [-0.15, -0.1) is 0 Å². The summed E-state index contributed by atoms with van der Waals surface area (Å²) in [7, 11) is 0. The largest absolute Gasteiger partial charge is 0.466 e. The highest BCUT2D eigenvalue weighted by atomic mass is 16.5. The van der Waals surface area contributed by atoms with Gasteiger partial charge in [0.1, 0.15) is 0 Å². The Balaban J connectivity index is 3.42. The van der Waals surface area contributed by atoms with Crippen molar-refractivity contribution in [3.63, 3.8) is 0 Å². The second kappa shape index (κ2) is 53.7. The van der Waals surface area contributed by atoms with Crippen LogP contribution in [0.3, 0.4) is 0 Å². The fourth-order valence-electron chi connectivity index (χ4n) is 8.55. The fraction of sp³-hybridized carbons (Fsp3) is 0.862. The molecule has 0 aliphatic carbocycles. The number of amides is 1. The Morgan fingerprint density at radius 1 is 0.438 bits per heavy atom. The first kappa shape index (κ1) is 62.1. The zero-order valence-corrected chi connectivity index (χ0v) is 42.8. The molecule has 3 N–H and O–H groups in total. The average molecular weight is 901 g/mol. The van der Waals surface area contributed by atoms with Crippen molar-refractivity contribution in [3.05, 3.63) is 36.5 Å². The van der Waals surface area contributed by atoms with Gasteiger partial charge in [-0.3, -0.25) is 9.59 Å². The second-order valence-electron chi connectivity index (χ2n) is 19.3. The van der Waals surface area contributed by atoms with E-state index in [1.54, 1.807) is 6.08 Å². The van der Waals surface area contributed by atoms with Crippen molar-refractivity contribution in [2.45, 2.75) is 309 Å². The van der Waals surface area contributed by atoms with Gasteiger partial charge in [0.2, 0.25) is 5.91 Å². The van der Waals surface area contributed by atoms with E-state index in [1.165, 1.54) is 218 Å². The summed E-state index contributed by atoms with van der Waals surface area (Å²) in [4.78, 5) is 24.5. The van der Waals surface area contributed by atoms with Gasteiger partial charge in [-0.1, -0.05) is 256 Å². The molecule has 2 atom stereocenters. The van der Waals surface area contributed by atoms with Gasteiger partial charge in [0.15, 0.2) is 0 Å². The van der Waals surface area contributed by atoms with Crippen LogP contribution in [-0.2, 0) is 14.3 Å². The highest BCUT2D eigenvalue weighted by Crippen LogP contribution is 2.16. The summed E-state index contributed by atoms with van der Waals surface area (Å²) in [6.45, 7) is 4.87. The van der Waals surface area contributed by atoms with Crippen molar-refractivity contribution in [1.82, 2.24) is 5.32 Å². The number of allylic oxidation sites excluding steroid dienone is 5. The van der Waals surface area contributed by atoms with Crippen LogP contribution >= 0.6 is 0 Å². The fourth-order valence-corrected chi connectivity index (χ4v) is 8.55. The number of aliphatic hydroxyl groups excluding tert-OH is 2. The number of ether oxygens (including phenoxy) is 1. The van der Waals surface area contributed by atoms with Crippen LogP contribution in [0, 0.1) is 0 Å². The third kappa shape index (κ3) is 49.5. The smallest absolute Gasteiger partial charge is 0.305 e. The molecule has 64 heavy (non-hydrogen) atoms. The van der Waals surface area contributed by atoms with Crippen LogP contribution in [0.5, 0.6) is 0 Å². The van der Waals surface area contributed by atoms with E-state index in [4.69, 9.17) is 4.74 Å². The number of aliphatic hydroxyl groups is 2. The van der Waals surface area contributed by atoms with Crippen molar-refractivity contribution in [2.24, 2.45) is 0 Å². The maximum Gasteiger partial charge on any atom is 0.305 e. The molecule has 0 heterocycles. The highest BCUT2D eigenvalue weighted by Gasteiger charge is 2.18. The molecule has 0 spiro atoms. The Morgan fingerprint density at radius 3 is 1.20 bits per heavy atom. The minimum absolute atomic E-state index is 0.00554. The van der Waals surface area contributed by atoms with Crippen LogP contribution in [0.25, 0.3) is 0 Å². The number of hydrogen-bond acceptors (Lipinski definition) is 5. The van der Waals surface area contributed by atoms with Gasteiger partial charge in [0.25, 0.3) is 0 Å². The SMILES string of the molecule is CCCCCC/C=C\C/C=C\CCCCCCCC(=O)OCCCCCCCCCCCCCCCCCCCCCC(=O)NC(CO)C(O)/C=C/CCCCCCCCCCCC. The van der Waals surface area contributed by atoms with E-state index >= 15 is 0 Å². The molecule has 0 aliphatic heterocycles. The number of esters is 1. The lowest BCUT2D eigenvalue weighted by Gasteiger charge is -2.20. The summed E-state index contributed by atoms with van der Waals surface area (Å²) in [6.07, 6.45) is 65.9. The number of hydrogen-bond donors (Lipinski definition) is 3. The standard InChI is InChI=1S/C58H109NO5/c1-3-5-7-9-11-13-15-17-18-25-28-32-36-40-44-48-52-58(63)64-53-49-45-41-37-33-29-26-23-21-19-20-22-24-27-31-35-39-43-47-51-57(62)59-55(54-60)56(61)50-46-42-38-34-30-16-14-12-10-8-6-4-2/h13,15,18,25,46,50,55-56,60-61H,3-12,14,16-17,19-24,26-45,47-49,51-54H2,1-2H3,(H,59,62)/b15-13-,25-18-,50-46+. The van der Waals surface area contributed by atoms with Gasteiger partial charge in [-0.2, -0.15) is 0 Å². The van der Waals surface area contributed by atoms with Gasteiger partial charge in [-0.05, 0) is 64.2 Å². The number of carbonyl (C=O) groups is 2. The van der Waals surface area contributed by atoms with Crippen molar-refractivity contribution >= 4 is 11.9 Å². The molecule has 0 aromatic carbocycles. The molecule has 1 amide bonds. The van der Waals surface area contributed by atoms with Crippen molar-refractivity contribution < 1.29 is 24.5 Å². The van der Waals surface area contributed by atoms with Gasteiger partial charge < -0.3 is 20.3 Å². The van der Waals surface area contributed by atoms with E-state index in [-0.39, 0.29) is 18.5 Å². The molecule has 2 unspecified atom stereocenters. The van der Waals surface area contributed by atoms with Crippen LogP contribution in [0.2, 0.25) is 0 Å². The molecule has 0 saturated carbocycles. The minimum atomic E-state index is -0.846. The Morgan fingerprint density at radius 2 is 0.781 bits per heavy atom. The predicted octanol–water partition coefficient (Wildman–Crippen LogP) is 17.2. The molecule has 6 nitrogen and oxygen atoms in total. The normalized spacial score (nSPS) is 12.9. The molecule has 0 rings (SSSR count). The summed E-state index contributed by atoms with van der Waals surface area (Å²) in [5, 5.41) is 23.0. The van der Waals surface area contributed by atoms with E-state index in [9.17, 15) is 19.8 Å². The summed E-state index contributed by atoms with van der Waals surface area (Å²) < 4.78 is 5.47. The summed E-state index contributed by atoms with van der Waals surface area (Å²) in [5.74, 6) is -0.0775. The first-order valence-electron chi connectivity index (χ1n) is 28.3. The minimum Gasteiger partial charge on any atom is -0.466 e. The first-order valence-corrected chi connectivity index (χ1v) is 28.3. The summed E-state index contributed by atoms with van der Waals surface area (Å²) in [5.41, 5.74) is 0. The van der Waals surface area contributed by atoms with E-state index in [2.05, 4.69) is 43.5 Å². The van der Waals surface area contributed by atoms with Gasteiger partial charge >= 0.3 is 5.97 Å². The monoisotopic (exact) mass is 900 g/mol. The Kier molecular flexibility index (Phi) is 52.1. The summed E-state index contributed by atoms with van der Waals surface area (Å²) in [6, 6.07) is -0.629. The molecular weight excluding hydrogens is 791 g/mol. The molecule has 6 heteroatoms. The Hall–Kier alpha value is -1.92. The van der Waals surface area contributed by atoms with Crippen LogP contribution in [0.15, 0.2) is 36.5 Å². The maximum atomic E-state index is 12.4. The average Bonchev–Trinajstić information content (AvgIpc) is 3.29. The Bertz CT molecular complexity index is 1040. The molecule has 0 aromatic rings. The highest BCUT2D eigenvalue weighted by molar-refractivity contribution is 5.76. The quantitative estimate of drug-likeness (QED) is 0.0321. The number of unbranched alkanes of at least 4 members (excludes halogenated alkanes) is 37. The molecule has 0 fully saturated rings. The van der Waals surface area contributed by atoms with Crippen molar-refractivity contribution in [1.29, 1.82) is 0 Å². The molecule has 0 aromatic heterocycles. The third-order valence-corrected chi connectivity index (χ3v) is 12.9. The number of nitrogens with one attached hydrogen (secondary N) is 1. The van der Waals surface area contributed by atoms with Gasteiger partial charge in [0.05, 0.1) is 25.4 Å². The van der Waals surface area contributed by atoms with Crippen molar-refractivity contribution in [2.75, 3.05) is 13.2 Å². The van der Waals surface area contributed by atoms with Crippen LogP contribution in [0.1, 0.15) is 296 Å². The first-order chi connectivity index (χ1) is 31.5. The molecule has 0 aliphatic rings. The molecule has 376 valence electrons. The van der Waals surface area contributed by atoms with E-state index < -0.39 is 12.1 Å². The van der Waals surface area contributed by atoms with E-state index in [0.717, 1.165) is 51.4 Å². The third-order valence-electron chi connectivity index (χ3n) is 12.9. The van der Waals surface area contributed by atoms with Crippen LogP contribution < -0.4 is 5.32 Å².